The standard InChI is InChI=1S/C9H7Cl2IO/c1-5-2-3-6(12)8(9(5)11)7(13)4-10/h2-3H,4H2,1H3. The zero-order valence-electron chi connectivity index (χ0n) is 6.90. The lowest BCUT2D eigenvalue weighted by atomic mass is 10.1. The predicted molar refractivity (Wildman–Crippen MR) is 64.0 cm³/mol. The second kappa shape index (κ2) is 4.62. The third kappa shape index (κ3) is 2.36. The Hall–Kier alpha value is 0.200. The van der Waals surface area contributed by atoms with Crippen molar-refractivity contribution in [3.05, 3.63) is 31.9 Å². The Kier molecular flexibility index (Phi) is 4.01. The number of rotatable bonds is 2. The maximum atomic E-state index is 11.4. The third-order valence-corrected chi connectivity index (χ3v) is 3.31. The molecule has 0 aliphatic rings. The van der Waals surface area contributed by atoms with Crippen LogP contribution in [0.25, 0.3) is 0 Å². The summed E-state index contributed by atoms with van der Waals surface area (Å²) in [5, 5.41) is 0.512. The maximum absolute atomic E-state index is 11.4. The fourth-order valence-electron chi connectivity index (χ4n) is 0.979. The molecule has 70 valence electrons. The van der Waals surface area contributed by atoms with Crippen LogP contribution in [0.3, 0.4) is 0 Å². The highest BCUT2D eigenvalue weighted by atomic mass is 127. The van der Waals surface area contributed by atoms with E-state index < -0.39 is 0 Å². The SMILES string of the molecule is Cc1ccc(I)c(C(=O)CCl)c1Cl. The predicted octanol–water partition coefficient (Wildman–Crippen LogP) is 3.67. The number of carbonyl (C=O) groups excluding carboxylic acids is 1. The Morgan fingerprint density at radius 2 is 2.15 bits per heavy atom. The molecule has 0 saturated carbocycles. The molecule has 0 aliphatic carbocycles. The molecule has 0 radical (unpaired) electrons. The monoisotopic (exact) mass is 328 g/mol. The fraction of sp³-hybridized carbons (Fsp3) is 0.222. The molecule has 0 heterocycles. The molecule has 0 fully saturated rings. The molecule has 13 heavy (non-hydrogen) atoms. The van der Waals surface area contributed by atoms with Gasteiger partial charge < -0.3 is 0 Å². The van der Waals surface area contributed by atoms with Gasteiger partial charge in [0, 0.05) is 3.57 Å². The van der Waals surface area contributed by atoms with Crippen LogP contribution in [0, 0.1) is 10.5 Å². The van der Waals surface area contributed by atoms with Crippen LogP contribution in [0.15, 0.2) is 12.1 Å². The molecular formula is C9H7Cl2IO. The van der Waals surface area contributed by atoms with Crippen LogP contribution in [0.2, 0.25) is 5.02 Å². The highest BCUT2D eigenvalue weighted by molar-refractivity contribution is 14.1. The highest BCUT2D eigenvalue weighted by Crippen LogP contribution is 2.26. The second-order valence-electron chi connectivity index (χ2n) is 2.61. The molecule has 0 N–H and O–H groups in total. The summed E-state index contributed by atoms with van der Waals surface area (Å²) in [5.41, 5.74) is 1.44. The van der Waals surface area contributed by atoms with Gasteiger partial charge in [-0.25, -0.2) is 0 Å². The number of halogens is 3. The first kappa shape index (κ1) is 11.3. The van der Waals surface area contributed by atoms with Gasteiger partial charge in [-0.05, 0) is 41.1 Å². The van der Waals surface area contributed by atoms with Crippen molar-refractivity contribution < 1.29 is 4.79 Å². The Labute approximate surface area is 101 Å². The molecule has 0 aliphatic heterocycles. The molecule has 0 atom stereocenters. The minimum absolute atomic E-state index is 0.0286. The van der Waals surface area contributed by atoms with Gasteiger partial charge in [-0.3, -0.25) is 4.79 Å². The molecule has 4 heteroatoms. The number of aryl methyl sites for hydroxylation is 1. The lowest BCUT2D eigenvalue weighted by Gasteiger charge is -2.06. The van der Waals surface area contributed by atoms with Crippen molar-refractivity contribution in [3.8, 4) is 0 Å². The van der Waals surface area contributed by atoms with Gasteiger partial charge in [0.1, 0.15) is 0 Å². The average Bonchev–Trinajstić information content (AvgIpc) is 2.12. The highest BCUT2D eigenvalue weighted by Gasteiger charge is 2.14. The van der Waals surface area contributed by atoms with Crippen LogP contribution < -0.4 is 0 Å². The molecule has 1 aromatic carbocycles. The summed E-state index contributed by atoms with van der Waals surface area (Å²) >= 11 is 13.5. The average molecular weight is 329 g/mol. The summed E-state index contributed by atoms with van der Waals surface area (Å²) in [7, 11) is 0. The van der Waals surface area contributed by atoms with Crippen LogP contribution in [-0.4, -0.2) is 11.7 Å². The zero-order chi connectivity index (χ0) is 10.0. The van der Waals surface area contributed by atoms with Crippen molar-refractivity contribution in [2.75, 3.05) is 5.88 Å². The van der Waals surface area contributed by atoms with Gasteiger partial charge >= 0.3 is 0 Å². The minimum atomic E-state index is -0.125. The summed E-state index contributed by atoms with van der Waals surface area (Å²) in [4.78, 5) is 11.4. The van der Waals surface area contributed by atoms with E-state index in [9.17, 15) is 4.79 Å². The summed E-state index contributed by atoms with van der Waals surface area (Å²) in [6.45, 7) is 1.86. The number of alkyl halides is 1. The van der Waals surface area contributed by atoms with Gasteiger partial charge in [-0.1, -0.05) is 17.7 Å². The lowest BCUT2D eigenvalue weighted by molar-refractivity contribution is 0.102. The molecule has 1 rings (SSSR count). The first-order valence-electron chi connectivity index (χ1n) is 3.61. The van der Waals surface area contributed by atoms with Crippen molar-refractivity contribution in [1.82, 2.24) is 0 Å². The number of Topliss-reactive ketones (excluding diaryl/α,β-unsaturated/α-hetero) is 1. The van der Waals surface area contributed by atoms with E-state index in [0.29, 0.717) is 10.6 Å². The minimum Gasteiger partial charge on any atom is -0.293 e. The molecule has 1 nitrogen and oxygen atoms in total. The van der Waals surface area contributed by atoms with E-state index in [4.69, 9.17) is 23.2 Å². The Morgan fingerprint density at radius 1 is 1.54 bits per heavy atom. The Morgan fingerprint density at radius 3 is 2.69 bits per heavy atom. The number of hydrogen-bond donors (Lipinski definition) is 0. The van der Waals surface area contributed by atoms with E-state index >= 15 is 0 Å². The second-order valence-corrected chi connectivity index (χ2v) is 4.42. The van der Waals surface area contributed by atoms with Gasteiger partial charge in [0.2, 0.25) is 0 Å². The molecule has 0 unspecified atom stereocenters. The van der Waals surface area contributed by atoms with Crippen molar-refractivity contribution in [3.63, 3.8) is 0 Å². The molecule has 0 aromatic heterocycles. The van der Waals surface area contributed by atoms with Gasteiger partial charge in [0.05, 0.1) is 16.5 Å². The van der Waals surface area contributed by atoms with Crippen molar-refractivity contribution in [1.29, 1.82) is 0 Å². The number of carbonyl (C=O) groups is 1. The van der Waals surface area contributed by atoms with Crippen molar-refractivity contribution in [2.24, 2.45) is 0 Å². The van der Waals surface area contributed by atoms with Crippen LogP contribution in [-0.2, 0) is 0 Å². The van der Waals surface area contributed by atoms with Crippen molar-refractivity contribution in [2.45, 2.75) is 6.92 Å². The van der Waals surface area contributed by atoms with Crippen LogP contribution in [0.5, 0.6) is 0 Å². The van der Waals surface area contributed by atoms with E-state index in [1.165, 1.54) is 0 Å². The largest absolute Gasteiger partial charge is 0.293 e. The maximum Gasteiger partial charge on any atom is 0.180 e. The summed E-state index contributed by atoms with van der Waals surface area (Å²) in [6.07, 6.45) is 0. The van der Waals surface area contributed by atoms with Gasteiger partial charge in [-0.15, -0.1) is 11.6 Å². The third-order valence-electron chi connectivity index (χ3n) is 1.68. The van der Waals surface area contributed by atoms with Crippen LogP contribution in [0.4, 0.5) is 0 Å². The lowest BCUT2D eigenvalue weighted by Crippen LogP contribution is -2.04. The number of hydrogen-bond acceptors (Lipinski definition) is 1. The van der Waals surface area contributed by atoms with E-state index in [1.54, 1.807) is 0 Å². The van der Waals surface area contributed by atoms with Gasteiger partial charge in [0.25, 0.3) is 0 Å². The molecule has 0 saturated heterocycles. The molecule has 1 aromatic rings. The zero-order valence-corrected chi connectivity index (χ0v) is 10.6. The number of benzene rings is 1. The fourth-order valence-corrected chi connectivity index (χ4v) is 2.29. The Balaban J connectivity index is 3.33. The van der Waals surface area contributed by atoms with E-state index in [-0.39, 0.29) is 11.7 Å². The van der Waals surface area contributed by atoms with Crippen LogP contribution >= 0.6 is 45.8 Å². The van der Waals surface area contributed by atoms with E-state index in [1.807, 2.05) is 19.1 Å². The summed E-state index contributed by atoms with van der Waals surface area (Å²) in [6, 6.07) is 3.75. The summed E-state index contributed by atoms with van der Waals surface area (Å²) < 4.78 is 0.846. The van der Waals surface area contributed by atoms with Crippen LogP contribution in [0.1, 0.15) is 15.9 Å². The van der Waals surface area contributed by atoms with E-state index in [2.05, 4.69) is 22.6 Å². The molecular weight excluding hydrogens is 322 g/mol. The topological polar surface area (TPSA) is 17.1 Å². The quantitative estimate of drug-likeness (QED) is 0.460. The van der Waals surface area contributed by atoms with E-state index in [0.717, 1.165) is 9.13 Å². The normalized spacial score (nSPS) is 10.2. The number of ketones is 1. The molecule has 0 amide bonds. The van der Waals surface area contributed by atoms with Crippen molar-refractivity contribution >= 4 is 51.6 Å². The Bertz CT molecular complexity index is 350. The molecule has 0 spiro atoms. The first-order chi connectivity index (χ1) is 6.07. The first-order valence-corrected chi connectivity index (χ1v) is 5.60. The van der Waals surface area contributed by atoms with Gasteiger partial charge in [0.15, 0.2) is 5.78 Å². The summed E-state index contributed by atoms with van der Waals surface area (Å²) in [5.74, 6) is -0.154. The van der Waals surface area contributed by atoms with Gasteiger partial charge in [-0.2, -0.15) is 0 Å². The smallest absolute Gasteiger partial charge is 0.180 e. The molecule has 0 bridgehead atoms.